The summed E-state index contributed by atoms with van der Waals surface area (Å²) in [5.41, 5.74) is 0.594. The molecule has 166 valence electrons. The third kappa shape index (κ3) is 5.56. The molecule has 0 spiro atoms. The van der Waals surface area contributed by atoms with Gasteiger partial charge in [-0.3, -0.25) is 19.7 Å². The fraction of sp³-hybridized carbons (Fsp3) is 0.429. The van der Waals surface area contributed by atoms with Crippen LogP contribution in [0, 0.1) is 5.92 Å². The maximum absolute atomic E-state index is 12.9. The lowest BCUT2D eigenvalue weighted by molar-refractivity contribution is -0.136. The molecule has 1 N–H and O–H groups in total. The molecule has 0 saturated carbocycles. The third-order valence-corrected chi connectivity index (χ3v) is 6.76. The number of aromatic nitrogens is 1. The quantitative estimate of drug-likeness (QED) is 0.660. The van der Waals surface area contributed by atoms with Gasteiger partial charge in [-0.2, -0.15) is 0 Å². The van der Waals surface area contributed by atoms with Crippen molar-refractivity contribution in [1.29, 1.82) is 0 Å². The Morgan fingerprint density at radius 2 is 1.97 bits per heavy atom. The molecule has 3 amide bonds. The second kappa shape index (κ2) is 10.4. The second-order valence-electron chi connectivity index (χ2n) is 7.22. The van der Waals surface area contributed by atoms with Crippen LogP contribution in [0.15, 0.2) is 23.6 Å². The van der Waals surface area contributed by atoms with Gasteiger partial charge in [0.25, 0.3) is 11.8 Å². The van der Waals surface area contributed by atoms with Crippen molar-refractivity contribution in [3.05, 3.63) is 44.9 Å². The summed E-state index contributed by atoms with van der Waals surface area (Å²) < 4.78 is 0. The summed E-state index contributed by atoms with van der Waals surface area (Å²) in [7, 11) is 0. The number of thiazole rings is 1. The summed E-state index contributed by atoms with van der Waals surface area (Å²) in [4.78, 5) is 45.8. The zero-order valence-electron chi connectivity index (χ0n) is 17.4. The summed E-state index contributed by atoms with van der Waals surface area (Å²) in [6.07, 6.45) is 1.55. The van der Waals surface area contributed by atoms with E-state index in [2.05, 4.69) is 10.3 Å². The lowest BCUT2D eigenvalue weighted by atomic mass is 9.96. The average molecular weight is 483 g/mol. The normalized spacial score (nSPS) is 16.1. The number of nitrogens with zero attached hydrogens (tertiary/aromatic N) is 3. The van der Waals surface area contributed by atoms with Gasteiger partial charge in [0.1, 0.15) is 5.69 Å². The van der Waals surface area contributed by atoms with Crippen molar-refractivity contribution < 1.29 is 14.4 Å². The highest BCUT2D eigenvalue weighted by Crippen LogP contribution is 2.25. The first-order valence-electron chi connectivity index (χ1n) is 10.1. The monoisotopic (exact) mass is 482 g/mol. The molecule has 0 aliphatic carbocycles. The fourth-order valence-electron chi connectivity index (χ4n) is 3.55. The molecule has 1 aliphatic rings. The van der Waals surface area contributed by atoms with Gasteiger partial charge >= 0.3 is 0 Å². The molecule has 1 fully saturated rings. The predicted molar refractivity (Wildman–Crippen MR) is 123 cm³/mol. The molecule has 7 nitrogen and oxygen atoms in total. The number of carbonyl (C=O) groups is 3. The van der Waals surface area contributed by atoms with Gasteiger partial charge in [0, 0.05) is 37.1 Å². The van der Waals surface area contributed by atoms with Gasteiger partial charge in [-0.1, -0.05) is 23.2 Å². The Kier molecular flexibility index (Phi) is 7.91. The number of amides is 3. The number of likely N-dealkylation sites (tertiary alicyclic amines) is 1. The highest BCUT2D eigenvalue weighted by atomic mass is 35.5. The molecule has 1 atom stereocenters. The minimum Gasteiger partial charge on any atom is -0.343 e. The standard InChI is InChI=1S/C21H24Cl2N4O3S/c1-3-26(4-2)19(29)14-6-5-9-27(11-14)20(30)17-12-31-21(24-17)25-18(28)13-7-8-15(22)16(23)10-13/h7-8,10,12,14H,3-6,9,11H2,1-2H3,(H,24,25,28)/t14-/m1/s1. The van der Waals surface area contributed by atoms with Crippen LogP contribution in [0.2, 0.25) is 10.0 Å². The number of piperidine rings is 1. The second-order valence-corrected chi connectivity index (χ2v) is 8.89. The predicted octanol–water partition coefficient (Wildman–Crippen LogP) is 4.42. The van der Waals surface area contributed by atoms with Gasteiger partial charge in [-0.15, -0.1) is 11.3 Å². The number of carbonyl (C=O) groups excluding carboxylic acids is 3. The van der Waals surface area contributed by atoms with Gasteiger partial charge < -0.3 is 9.80 Å². The van der Waals surface area contributed by atoms with Crippen LogP contribution in [-0.2, 0) is 4.79 Å². The third-order valence-electron chi connectivity index (χ3n) is 5.26. The number of rotatable bonds is 6. The zero-order chi connectivity index (χ0) is 22.5. The molecule has 2 aromatic rings. The Bertz CT molecular complexity index is 977. The van der Waals surface area contributed by atoms with Gasteiger partial charge in [0.15, 0.2) is 5.13 Å². The van der Waals surface area contributed by atoms with Gasteiger partial charge in [-0.05, 0) is 44.9 Å². The maximum atomic E-state index is 12.9. The topological polar surface area (TPSA) is 82.6 Å². The SMILES string of the molecule is CCN(CC)C(=O)[C@@H]1CCCN(C(=O)c2csc(NC(=O)c3ccc(Cl)c(Cl)c3)n2)C1. The molecule has 1 aromatic heterocycles. The molecule has 1 aliphatic heterocycles. The Morgan fingerprint density at radius 3 is 2.65 bits per heavy atom. The first-order valence-corrected chi connectivity index (χ1v) is 11.8. The van der Waals surface area contributed by atoms with Crippen molar-refractivity contribution in [3.63, 3.8) is 0 Å². The van der Waals surface area contributed by atoms with E-state index in [9.17, 15) is 14.4 Å². The highest BCUT2D eigenvalue weighted by molar-refractivity contribution is 7.14. The number of hydrogen-bond acceptors (Lipinski definition) is 5. The molecule has 2 heterocycles. The molecular weight excluding hydrogens is 459 g/mol. The Labute approximate surface area is 195 Å². The number of halogens is 2. The van der Waals surface area contributed by atoms with E-state index in [0.717, 1.165) is 12.8 Å². The van der Waals surface area contributed by atoms with Crippen LogP contribution < -0.4 is 5.32 Å². The van der Waals surface area contributed by atoms with Crippen molar-refractivity contribution in [3.8, 4) is 0 Å². The van der Waals surface area contributed by atoms with E-state index in [1.54, 1.807) is 27.3 Å². The van der Waals surface area contributed by atoms with Crippen LogP contribution in [0.5, 0.6) is 0 Å². The Hall–Kier alpha value is -2.16. The van der Waals surface area contributed by atoms with E-state index >= 15 is 0 Å². The van der Waals surface area contributed by atoms with Gasteiger partial charge in [-0.25, -0.2) is 4.98 Å². The van der Waals surface area contributed by atoms with E-state index in [-0.39, 0.29) is 28.4 Å². The van der Waals surface area contributed by atoms with Gasteiger partial charge in [0.05, 0.1) is 16.0 Å². The summed E-state index contributed by atoms with van der Waals surface area (Å²) in [6, 6.07) is 4.57. The smallest absolute Gasteiger partial charge is 0.273 e. The lowest BCUT2D eigenvalue weighted by Crippen LogP contribution is -2.46. The van der Waals surface area contributed by atoms with Crippen LogP contribution in [0.4, 0.5) is 5.13 Å². The summed E-state index contributed by atoms with van der Waals surface area (Å²) in [5, 5.41) is 5.24. The zero-order valence-corrected chi connectivity index (χ0v) is 19.7. The van der Waals surface area contributed by atoms with E-state index < -0.39 is 5.91 Å². The largest absolute Gasteiger partial charge is 0.343 e. The van der Waals surface area contributed by atoms with Crippen molar-refractivity contribution in [1.82, 2.24) is 14.8 Å². The molecule has 0 unspecified atom stereocenters. The van der Waals surface area contributed by atoms with Crippen molar-refractivity contribution in [2.45, 2.75) is 26.7 Å². The first-order chi connectivity index (χ1) is 14.8. The highest BCUT2D eigenvalue weighted by Gasteiger charge is 2.31. The Balaban J connectivity index is 1.64. The van der Waals surface area contributed by atoms with Crippen LogP contribution in [0.25, 0.3) is 0 Å². The fourth-order valence-corrected chi connectivity index (χ4v) is 4.53. The number of anilines is 1. The minimum atomic E-state index is -0.394. The van der Waals surface area contributed by atoms with Crippen molar-refractivity contribution in [2.24, 2.45) is 5.92 Å². The van der Waals surface area contributed by atoms with E-state index in [1.807, 2.05) is 13.8 Å². The maximum Gasteiger partial charge on any atom is 0.273 e. The molecule has 0 radical (unpaired) electrons. The minimum absolute atomic E-state index is 0.0929. The van der Waals surface area contributed by atoms with Crippen LogP contribution in [-0.4, -0.2) is 58.7 Å². The summed E-state index contributed by atoms with van der Waals surface area (Å²) in [5.74, 6) is -0.724. The molecule has 0 bridgehead atoms. The first kappa shape index (κ1) is 23.5. The van der Waals surface area contributed by atoms with Crippen molar-refractivity contribution >= 4 is 57.4 Å². The number of hydrogen-bond donors (Lipinski definition) is 1. The lowest BCUT2D eigenvalue weighted by Gasteiger charge is -2.34. The molecule has 1 aromatic carbocycles. The van der Waals surface area contributed by atoms with E-state index in [0.29, 0.717) is 41.9 Å². The summed E-state index contributed by atoms with van der Waals surface area (Å²) in [6.45, 7) is 6.20. The summed E-state index contributed by atoms with van der Waals surface area (Å²) >= 11 is 13.0. The van der Waals surface area contributed by atoms with E-state index in [4.69, 9.17) is 23.2 Å². The molecule has 10 heteroatoms. The van der Waals surface area contributed by atoms with Crippen LogP contribution in [0.3, 0.4) is 0 Å². The average Bonchev–Trinajstić information content (AvgIpc) is 3.24. The molecule has 1 saturated heterocycles. The molecule has 3 rings (SSSR count). The molecule has 31 heavy (non-hydrogen) atoms. The van der Waals surface area contributed by atoms with E-state index in [1.165, 1.54) is 17.4 Å². The van der Waals surface area contributed by atoms with Crippen LogP contribution >= 0.6 is 34.5 Å². The van der Waals surface area contributed by atoms with Gasteiger partial charge in [0.2, 0.25) is 5.91 Å². The Morgan fingerprint density at radius 1 is 1.23 bits per heavy atom. The number of benzene rings is 1. The number of nitrogens with one attached hydrogen (secondary N) is 1. The van der Waals surface area contributed by atoms with Crippen LogP contribution in [0.1, 0.15) is 47.5 Å². The molecular formula is C21H24Cl2N4O3S. The van der Waals surface area contributed by atoms with Crippen molar-refractivity contribution in [2.75, 3.05) is 31.5 Å².